The fourth-order valence-electron chi connectivity index (χ4n) is 1.04. The lowest BCUT2D eigenvalue weighted by molar-refractivity contribution is -0.384. The minimum absolute atomic E-state index is 0.0971. The molecule has 0 heterocycles. The van der Waals surface area contributed by atoms with Gasteiger partial charge in [-0.2, -0.15) is 0 Å². The molecule has 0 saturated heterocycles. The van der Waals surface area contributed by atoms with Gasteiger partial charge in [-0.05, 0) is 12.1 Å². The minimum atomic E-state index is -2.99. The van der Waals surface area contributed by atoms with E-state index in [1.807, 2.05) is 5.32 Å². The van der Waals surface area contributed by atoms with Crippen LogP contribution in [0.4, 0.5) is 5.69 Å². The van der Waals surface area contributed by atoms with Crippen LogP contribution in [-0.4, -0.2) is 38.7 Å². The lowest BCUT2D eigenvalue weighted by Crippen LogP contribution is -2.42. The standard InChI is InChI=1S/C9H10N2O6/c12-8(10-5-9(13,14)15)6-1-3-7(4-2-6)11(16)17/h1-4,13-15H,5H2,(H,10,12). The zero-order valence-electron chi connectivity index (χ0n) is 8.53. The highest BCUT2D eigenvalue weighted by molar-refractivity contribution is 5.94. The maximum atomic E-state index is 11.4. The van der Waals surface area contributed by atoms with Gasteiger partial charge in [0.1, 0.15) is 0 Å². The van der Waals surface area contributed by atoms with Crippen LogP contribution >= 0.6 is 0 Å². The highest BCUT2D eigenvalue weighted by Crippen LogP contribution is 2.11. The van der Waals surface area contributed by atoms with Crippen LogP contribution in [-0.2, 0) is 0 Å². The summed E-state index contributed by atoms with van der Waals surface area (Å²) in [5.41, 5.74) is -0.0674. The molecule has 1 aromatic rings. The van der Waals surface area contributed by atoms with Crippen molar-refractivity contribution in [1.29, 1.82) is 0 Å². The molecular formula is C9H10N2O6. The number of amides is 1. The van der Waals surface area contributed by atoms with Gasteiger partial charge in [-0.1, -0.05) is 0 Å². The summed E-state index contributed by atoms with van der Waals surface area (Å²) in [4.78, 5) is 21.1. The third-order valence-corrected chi connectivity index (χ3v) is 1.83. The van der Waals surface area contributed by atoms with Crippen molar-refractivity contribution in [2.75, 3.05) is 6.54 Å². The first-order valence-electron chi connectivity index (χ1n) is 4.49. The Bertz CT molecular complexity index is 422. The molecule has 0 aliphatic carbocycles. The Labute approximate surface area is 95.3 Å². The lowest BCUT2D eigenvalue weighted by Gasteiger charge is -2.14. The molecule has 0 aliphatic heterocycles. The average Bonchev–Trinajstić information content (AvgIpc) is 2.25. The zero-order chi connectivity index (χ0) is 13.1. The van der Waals surface area contributed by atoms with E-state index in [1.54, 1.807) is 0 Å². The van der Waals surface area contributed by atoms with Crippen LogP contribution < -0.4 is 5.32 Å². The van der Waals surface area contributed by atoms with Gasteiger partial charge in [0.2, 0.25) is 0 Å². The van der Waals surface area contributed by atoms with Gasteiger partial charge in [0.15, 0.2) is 0 Å². The zero-order valence-corrected chi connectivity index (χ0v) is 8.53. The van der Waals surface area contributed by atoms with Gasteiger partial charge < -0.3 is 20.6 Å². The van der Waals surface area contributed by atoms with Crippen LogP contribution in [0.25, 0.3) is 0 Å². The van der Waals surface area contributed by atoms with E-state index in [-0.39, 0.29) is 11.3 Å². The maximum absolute atomic E-state index is 11.4. The Kier molecular flexibility index (Phi) is 3.73. The molecule has 4 N–H and O–H groups in total. The van der Waals surface area contributed by atoms with Gasteiger partial charge in [-0.15, -0.1) is 0 Å². The summed E-state index contributed by atoms with van der Waals surface area (Å²) in [6.07, 6.45) is 0. The number of nitrogens with zero attached hydrogens (tertiary/aromatic N) is 1. The second-order valence-electron chi connectivity index (χ2n) is 3.26. The van der Waals surface area contributed by atoms with Crippen molar-refractivity contribution in [2.45, 2.75) is 5.97 Å². The van der Waals surface area contributed by atoms with Crippen LogP contribution in [0, 0.1) is 10.1 Å². The van der Waals surface area contributed by atoms with Crippen LogP contribution in [0.1, 0.15) is 10.4 Å². The number of carbonyl (C=O) groups excluding carboxylic acids is 1. The summed E-state index contributed by atoms with van der Waals surface area (Å²) >= 11 is 0. The maximum Gasteiger partial charge on any atom is 0.293 e. The third-order valence-electron chi connectivity index (χ3n) is 1.83. The first-order valence-corrected chi connectivity index (χ1v) is 4.49. The number of nitro groups is 1. The summed E-state index contributed by atoms with van der Waals surface area (Å²) in [6, 6.07) is 4.69. The molecule has 0 aliphatic rings. The third kappa shape index (κ3) is 4.15. The topological polar surface area (TPSA) is 133 Å². The number of carbonyl (C=O) groups is 1. The smallest absolute Gasteiger partial charge is 0.293 e. The van der Waals surface area contributed by atoms with Crippen molar-refractivity contribution in [1.82, 2.24) is 5.32 Å². The Morgan fingerprint density at radius 2 is 1.82 bits per heavy atom. The van der Waals surface area contributed by atoms with Crippen molar-refractivity contribution in [2.24, 2.45) is 0 Å². The highest BCUT2D eigenvalue weighted by Gasteiger charge is 2.19. The molecule has 1 aromatic carbocycles. The predicted molar refractivity (Wildman–Crippen MR) is 54.8 cm³/mol. The molecule has 0 atom stereocenters. The van der Waals surface area contributed by atoms with Crippen molar-refractivity contribution >= 4 is 11.6 Å². The van der Waals surface area contributed by atoms with E-state index in [9.17, 15) is 14.9 Å². The van der Waals surface area contributed by atoms with Gasteiger partial charge in [0.05, 0.1) is 11.5 Å². The molecule has 0 radical (unpaired) electrons. The Morgan fingerprint density at radius 1 is 1.29 bits per heavy atom. The molecule has 8 heteroatoms. The Balaban J connectivity index is 2.67. The molecule has 1 amide bonds. The van der Waals surface area contributed by atoms with Crippen LogP contribution in [0.5, 0.6) is 0 Å². The molecule has 0 bridgehead atoms. The van der Waals surface area contributed by atoms with Crippen molar-refractivity contribution in [3.8, 4) is 0 Å². The molecule has 8 nitrogen and oxygen atoms in total. The molecule has 1 rings (SSSR count). The summed E-state index contributed by atoms with van der Waals surface area (Å²) in [5, 5.41) is 38.0. The summed E-state index contributed by atoms with van der Waals surface area (Å²) in [7, 11) is 0. The van der Waals surface area contributed by atoms with E-state index in [2.05, 4.69) is 0 Å². The number of hydrogen-bond donors (Lipinski definition) is 4. The predicted octanol–water partition coefficient (Wildman–Crippen LogP) is -1.04. The number of benzene rings is 1. The molecule has 0 aromatic heterocycles. The van der Waals surface area contributed by atoms with E-state index in [4.69, 9.17) is 15.3 Å². The fraction of sp³-hybridized carbons (Fsp3) is 0.222. The first-order chi connectivity index (χ1) is 7.79. The summed E-state index contributed by atoms with van der Waals surface area (Å²) in [5.74, 6) is -3.68. The van der Waals surface area contributed by atoms with E-state index in [0.717, 1.165) is 12.1 Å². The molecule has 92 valence electrons. The SMILES string of the molecule is O=C(NCC(O)(O)O)c1ccc([N+](=O)[O-])cc1. The van der Waals surface area contributed by atoms with E-state index in [1.165, 1.54) is 12.1 Å². The second-order valence-corrected chi connectivity index (χ2v) is 3.26. The van der Waals surface area contributed by atoms with E-state index in [0.29, 0.717) is 0 Å². The molecular weight excluding hydrogens is 232 g/mol. The minimum Gasteiger partial charge on any atom is -0.344 e. The van der Waals surface area contributed by atoms with Gasteiger partial charge >= 0.3 is 0 Å². The number of hydrogen-bond acceptors (Lipinski definition) is 6. The number of non-ortho nitro benzene ring substituents is 1. The Morgan fingerprint density at radius 3 is 2.24 bits per heavy atom. The van der Waals surface area contributed by atoms with Crippen LogP contribution in [0.3, 0.4) is 0 Å². The van der Waals surface area contributed by atoms with Gasteiger partial charge in [-0.25, -0.2) is 0 Å². The normalized spacial score (nSPS) is 11.0. The van der Waals surface area contributed by atoms with E-state index < -0.39 is 23.3 Å². The molecule has 0 saturated carbocycles. The average molecular weight is 242 g/mol. The van der Waals surface area contributed by atoms with Gasteiger partial charge in [-0.3, -0.25) is 14.9 Å². The fourth-order valence-corrected chi connectivity index (χ4v) is 1.04. The number of nitrogens with one attached hydrogen (secondary N) is 1. The van der Waals surface area contributed by atoms with Crippen molar-refractivity contribution in [3.05, 3.63) is 39.9 Å². The van der Waals surface area contributed by atoms with Crippen molar-refractivity contribution in [3.63, 3.8) is 0 Å². The van der Waals surface area contributed by atoms with E-state index >= 15 is 0 Å². The first kappa shape index (κ1) is 13.0. The molecule has 17 heavy (non-hydrogen) atoms. The Hall–Kier alpha value is -2.03. The quantitative estimate of drug-likeness (QED) is 0.302. The van der Waals surface area contributed by atoms with Crippen LogP contribution in [0.15, 0.2) is 24.3 Å². The number of aliphatic hydroxyl groups is 3. The highest BCUT2D eigenvalue weighted by atomic mass is 16.7. The van der Waals surface area contributed by atoms with Crippen molar-refractivity contribution < 1.29 is 25.0 Å². The lowest BCUT2D eigenvalue weighted by atomic mass is 10.2. The summed E-state index contributed by atoms with van der Waals surface area (Å²) in [6.45, 7) is -0.775. The monoisotopic (exact) mass is 242 g/mol. The largest absolute Gasteiger partial charge is 0.344 e. The van der Waals surface area contributed by atoms with Gasteiger partial charge in [0.25, 0.3) is 17.6 Å². The van der Waals surface area contributed by atoms with Gasteiger partial charge in [0, 0.05) is 17.7 Å². The molecule has 0 spiro atoms. The molecule has 0 fully saturated rings. The molecule has 0 unspecified atom stereocenters. The summed E-state index contributed by atoms with van der Waals surface area (Å²) < 4.78 is 0. The second kappa shape index (κ2) is 4.87. The van der Waals surface area contributed by atoms with Crippen LogP contribution in [0.2, 0.25) is 0 Å². The number of rotatable bonds is 4. The number of nitro benzene ring substituents is 1.